The van der Waals surface area contributed by atoms with Gasteiger partial charge in [0, 0.05) is 12.1 Å². The van der Waals surface area contributed by atoms with Crippen LogP contribution in [0, 0.1) is 17.0 Å². The minimum absolute atomic E-state index is 0.0218. The average Bonchev–Trinajstić information content (AvgIpc) is 2.84. The highest BCUT2D eigenvalue weighted by molar-refractivity contribution is 7.07. The van der Waals surface area contributed by atoms with Crippen molar-refractivity contribution in [3.05, 3.63) is 50.3 Å². The molecule has 0 amide bonds. The molecule has 0 bridgehead atoms. The summed E-state index contributed by atoms with van der Waals surface area (Å²) in [6.45, 7) is 3.89. The van der Waals surface area contributed by atoms with Crippen LogP contribution < -0.4 is 5.32 Å². The molecule has 0 radical (unpaired) electrons. The Labute approximate surface area is 115 Å². The molecule has 6 heteroatoms. The Morgan fingerprint density at radius 3 is 2.95 bits per heavy atom. The van der Waals surface area contributed by atoms with Gasteiger partial charge in [0.05, 0.1) is 4.92 Å². The maximum Gasteiger partial charge on any atom is 0.287 e. The first-order valence-electron chi connectivity index (χ1n) is 5.95. The molecular formula is C13H15N3O2S. The zero-order valence-electron chi connectivity index (χ0n) is 10.8. The molecule has 0 fully saturated rings. The van der Waals surface area contributed by atoms with Gasteiger partial charge in [0.2, 0.25) is 0 Å². The van der Waals surface area contributed by atoms with Crippen LogP contribution in [0.15, 0.2) is 29.1 Å². The SMILES string of the molecule is Cc1cc([N+](=O)[O-])cnc1NC(C)Cc1ccsc1. The molecule has 5 nitrogen and oxygen atoms in total. The van der Waals surface area contributed by atoms with Crippen molar-refractivity contribution < 1.29 is 4.92 Å². The summed E-state index contributed by atoms with van der Waals surface area (Å²) < 4.78 is 0. The monoisotopic (exact) mass is 277 g/mol. The van der Waals surface area contributed by atoms with E-state index in [1.54, 1.807) is 11.3 Å². The molecule has 100 valence electrons. The molecule has 0 aliphatic rings. The first-order chi connectivity index (χ1) is 9.06. The zero-order chi connectivity index (χ0) is 13.8. The van der Waals surface area contributed by atoms with Crippen molar-refractivity contribution in [2.24, 2.45) is 0 Å². The molecule has 19 heavy (non-hydrogen) atoms. The number of nitrogens with one attached hydrogen (secondary N) is 1. The standard InChI is InChI=1S/C13H15N3O2S/c1-9-5-12(16(17)18)7-14-13(9)15-10(2)6-11-3-4-19-8-11/h3-5,7-8,10H,6H2,1-2H3,(H,14,15). The number of hydrogen-bond acceptors (Lipinski definition) is 5. The molecule has 2 rings (SSSR count). The van der Waals surface area contributed by atoms with Crippen LogP contribution >= 0.6 is 11.3 Å². The number of thiophene rings is 1. The lowest BCUT2D eigenvalue weighted by molar-refractivity contribution is -0.385. The lowest BCUT2D eigenvalue weighted by atomic mass is 10.1. The summed E-state index contributed by atoms with van der Waals surface area (Å²) in [5.74, 6) is 0.702. The van der Waals surface area contributed by atoms with Gasteiger partial charge in [-0.05, 0) is 48.2 Å². The summed E-state index contributed by atoms with van der Waals surface area (Å²) in [5.41, 5.74) is 2.09. The van der Waals surface area contributed by atoms with E-state index in [2.05, 4.69) is 34.1 Å². The lowest BCUT2D eigenvalue weighted by Gasteiger charge is -2.15. The summed E-state index contributed by atoms with van der Waals surface area (Å²) in [4.78, 5) is 14.3. The molecule has 2 aromatic rings. The number of aromatic nitrogens is 1. The first-order valence-corrected chi connectivity index (χ1v) is 6.89. The van der Waals surface area contributed by atoms with Gasteiger partial charge in [-0.15, -0.1) is 0 Å². The van der Waals surface area contributed by atoms with E-state index in [1.165, 1.54) is 17.8 Å². The molecule has 1 unspecified atom stereocenters. The van der Waals surface area contributed by atoms with Gasteiger partial charge in [0.15, 0.2) is 0 Å². The highest BCUT2D eigenvalue weighted by Gasteiger charge is 2.11. The van der Waals surface area contributed by atoms with E-state index in [1.807, 2.05) is 6.92 Å². The van der Waals surface area contributed by atoms with Crippen LogP contribution in [0.3, 0.4) is 0 Å². The van der Waals surface area contributed by atoms with Crippen LogP contribution in [0.25, 0.3) is 0 Å². The zero-order valence-corrected chi connectivity index (χ0v) is 11.6. The number of nitro groups is 1. The van der Waals surface area contributed by atoms with Crippen molar-refractivity contribution in [1.29, 1.82) is 0 Å². The van der Waals surface area contributed by atoms with Crippen LogP contribution in [0.2, 0.25) is 0 Å². The Morgan fingerprint density at radius 1 is 1.58 bits per heavy atom. The minimum Gasteiger partial charge on any atom is -0.367 e. The second-order valence-corrected chi connectivity index (χ2v) is 5.28. The van der Waals surface area contributed by atoms with E-state index < -0.39 is 4.92 Å². The predicted octanol–water partition coefficient (Wildman–Crippen LogP) is 3.40. The molecular weight excluding hydrogens is 262 g/mol. The number of pyridine rings is 1. The van der Waals surface area contributed by atoms with Crippen LogP contribution in [-0.4, -0.2) is 15.9 Å². The third-order valence-corrected chi connectivity index (χ3v) is 3.51. The van der Waals surface area contributed by atoms with Gasteiger partial charge in [-0.2, -0.15) is 11.3 Å². The Hall–Kier alpha value is -1.95. The van der Waals surface area contributed by atoms with Crippen LogP contribution in [0.4, 0.5) is 11.5 Å². The largest absolute Gasteiger partial charge is 0.367 e. The van der Waals surface area contributed by atoms with E-state index in [4.69, 9.17) is 0 Å². The maximum absolute atomic E-state index is 10.6. The Bertz CT molecular complexity index is 569. The summed E-state index contributed by atoms with van der Waals surface area (Å²) in [6.07, 6.45) is 2.19. The van der Waals surface area contributed by atoms with E-state index in [9.17, 15) is 10.1 Å². The molecule has 1 atom stereocenters. The molecule has 0 aliphatic heterocycles. The van der Waals surface area contributed by atoms with Gasteiger partial charge in [0.25, 0.3) is 5.69 Å². The van der Waals surface area contributed by atoms with Gasteiger partial charge in [0.1, 0.15) is 12.0 Å². The molecule has 0 saturated carbocycles. The summed E-state index contributed by atoms with van der Waals surface area (Å²) >= 11 is 1.68. The molecule has 0 spiro atoms. The topological polar surface area (TPSA) is 68.1 Å². The van der Waals surface area contributed by atoms with Gasteiger partial charge in [-0.3, -0.25) is 10.1 Å². The quantitative estimate of drug-likeness (QED) is 0.671. The summed E-state index contributed by atoms with van der Waals surface area (Å²) in [5, 5.41) is 18.1. The molecule has 0 aliphatic carbocycles. The Morgan fingerprint density at radius 2 is 2.37 bits per heavy atom. The smallest absolute Gasteiger partial charge is 0.287 e. The second kappa shape index (κ2) is 5.79. The van der Waals surface area contributed by atoms with E-state index in [0.717, 1.165) is 12.0 Å². The van der Waals surface area contributed by atoms with Crippen LogP contribution in [-0.2, 0) is 6.42 Å². The fraction of sp³-hybridized carbons (Fsp3) is 0.308. The first kappa shape index (κ1) is 13.5. The highest BCUT2D eigenvalue weighted by atomic mass is 32.1. The van der Waals surface area contributed by atoms with Gasteiger partial charge < -0.3 is 5.32 Å². The van der Waals surface area contributed by atoms with Gasteiger partial charge in [-0.1, -0.05) is 0 Å². The molecule has 0 aromatic carbocycles. The normalized spacial score (nSPS) is 12.1. The van der Waals surface area contributed by atoms with Crippen molar-refractivity contribution in [1.82, 2.24) is 4.98 Å². The maximum atomic E-state index is 10.6. The third-order valence-electron chi connectivity index (χ3n) is 2.78. The average molecular weight is 277 g/mol. The van der Waals surface area contributed by atoms with Crippen molar-refractivity contribution in [3.8, 4) is 0 Å². The molecule has 1 N–H and O–H groups in total. The van der Waals surface area contributed by atoms with E-state index >= 15 is 0 Å². The summed E-state index contributed by atoms with van der Waals surface area (Å²) in [6, 6.07) is 3.85. The lowest BCUT2D eigenvalue weighted by Crippen LogP contribution is -2.19. The Balaban J connectivity index is 2.04. The van der Waals surface area contributed by atoms with Crippen molar-refractivity contribution in [2.75, 3.05) is 5.32 Å². The number of aryl methyl sites for hydroxylation is 1. The van der Waals surface area contributed by atoms with E-state index in [0.29, 0.717) is 5.82 Å². The third kappa shape index (κ3) is 3.51. The van der Waals surface area contributed by atoms with Gasteiger partial charge >= 0.3 is 0 Å². The molecule has 2 aromatic heterocycles. The Kier molecular flexibility index (Phi) is 4.11. The highest BCUT2D eigenvalue weighted by Crippen LogP contribution is 2.19. The number of hydrogen-bond donors (Lipinski definition) is 1. The second-order valence-electron chi connectivity index (χ2n) is 4.50. The number of rotatable bonds is 5. The fourth-order valence-electron chi connectivity index (χ4n) is 1.86. The minimum atomic E-state index is -0.432. The summed E-state index contributed by atoms with van der Waals surface area (Å²) in [7, 11) is 0. The molecule has 2 heterocycles. The van der Waals surface area contributed by atoms with Crippen LogP contribution in [0.1, 0.15) is 18.1 Å². The van der Waals surface area contributed by atoms with E-state index in [-0.39, 0.29) is 11.7 Å². The number of anilines is 1. The predicted molar refractivity (Wildman–Crippen MR) is 76.7 cm³/mol. The molecule has 0 saturated heterocycles. The van der Waals surface area contributed by atoms with Crippen LogP contribution in [0.5, 0.6) is 0 Å². The van der Waals surface area contributed by atoms with Crippen molar-refractivity contribution in [3.63, 3.8) is 0 Å². The fourth-order valence-corrected chi connectivity index (χ4v) is 2.54. The van der Waals surface area contributed by atoms with Crippen molar-refractivity contribution in [2.45, 2.75) is 26.3 Å². The van der Waals surface area contributed by atoms with Gasteiger partial charge in [-0.25, -0.2) is 4.98 Å². The number of nitrogens with zero attached hydrogens (tertiary/aromatic N) is 2. The van der Waals surface area contributed by atoms with Crippen molar-refractivity contribution >= 4 is 22.8 Å².